The molecule has 166 valence electrons. The van der Waals surface area contributed by atoms with E-state index in [1.807, 2.05) is 18.2 Å². The summed E-state index contributed by atoms with van der Waals surface area (Å²) in [6, 6.07) is 8.96. The van der Waals surface area contributed by atoms with Crippen molar-refractivity contribution in [3.8, 4) is 0 Å². The molecule has 1 aromatic carbocycles. The topological polar surface area (TPSA) is 55.8 Å². The normalized spacial score (nSPS) is 27.0. The van der Waals surface area contributed by atoms with E-state index >= 15 is 0 Å². The van der Waals surface area contributed by atoms with Crippen molar-refractivity contribution in [3.05, 3.63) is 35.9 Å². The maximum atomic E-state index is 14.0. The van der Waals surface area contributed by atoms with Crippen molar-refractivity contribution in [2.45, 2.75) is 82.5 Å². The predicted molar refractivity (Wildman–Crippen MR) is 109 cm³/mol. The van der Waals surface area contributed by atoms with E-state index < -0.39 is 35.9 Å². The minimum absolute atomic E-state index is 0.103. The summed E-state index contributed by atoms with van der Waals surface area (Å²) in [4.78, 5) is 25.9. The van der Waals surface area contributed by atoms with Crippen LogP contribution >= 0.6 is 0 Å². The van der Waals surface area contributed by atoms with E-state index in [1.165, 1.54) is 5.56 Å². The van der Waals surface area contributed by atoms with E-state index in [0.29, 0.717) is 5.92 Å². The Bertz CT molecular complexity index is 739. The Kier molecular flexibility index (Phi) is 6.80. The second kappa shape index (κ2) is 9.00. The molecule has 1 unspecified atom stereocenters. The van der Waals surface area contributed by atoms with Crippen molar-refractivity contribution in [3.63, 3.8) is 0 Å². The summed E-state index contributed by atoms with van der Waals surface area (Å²) >= 11 is 0. The number of amides is 1. The molecule has 1 amide bonds. The van der Waals surface area contributed by atoms with E-state index in [-0.39, 0.29) is 19.3 Å². The van der Waals surface area contributed by atoms with Crippen LogP contribution in [0.5, 0.6) is 0 Å². The van der Waals surface area contributed by atoms with Gasteiger partial charge in [-0.25, -0.2) is 4.79 Å². The van der Waals surface area contributed by atoms with E-state index in [2.05, 4.69) is 12.1 Å². The molecule has 1 saturated heterocycles. The number of ketones is 1. The minimum atomic E-state index is -3.45. The van der Waals surface area contributed by atoms with Gasteiger partial charge >= 0.3 is 12.0 Å². The molecule has 5 nitrogen and oxygen atoms in total. The van der Waals surface area contributed by atoms with E-state index in [9.17, 15) is 18.4 Å². The van der Waals surface area contributed by atoms with Gasteiger partial charge in [0.25, 0.3) is 0 Å². The molecule has 2 aliphatic rings. The number of nitrogens with zero attached hydrogens (tertiary/aromatic N) is 1. The lowest BCUT2D eigenvalue weighted by molar-refractivity contribution is -0.161. The zero-order valence-corrected chi connectivity index (χ0v) is 17.9. The Hall–Kier alpha value is -2.02. The van der Waals surface area contributed by atoms with Gasteiger partial charge in [0.1, 0.15) is 11.6 Å². The lowest BCUT2D eigenvalue weighted by Crippen LogP contribution is -2.59. The van der Waals surface area contributed by atoms with Crippen LogP contribution in [0.15, 0.2) is 30.3 Å². The summed E-state index contributed by atoms with van der Waals surface area (Å²) in [6.45, 7) is 4.63. The smallest absolute Gasteiger partial charge is 0.410 e. The molecular weight excluding hydrogens is 392 g/mol. The SMILES string of the molecule is CC(C)(C)OC(=O)N1CCC(F)(F)C(=O)C1CO[C@H]1CC[C@@H](c2ccccc2)CC1. The third-order valence-electron chi connectivity index (χ3n) is 5.77. The summed E-state index contributed by atoms with van der Waals surface area (Å²) < 4.78 is 39.3. The number of carbonyl (C=O) groups is 2. The number of likely N-dealkylation sites (tertiary alicyclic amines) is 1. The lowest BCUT2D eigenvalue weighted by atomic mass is 9.83. The maximum absolute atomic E-state index is 14.0. The summed E-state index contributed by atoms with van der Waals surface area (Å²) in [5.41, 5.74) is 0.524. The number of halogens is 2. The Morgan fingerprint density at radius 1 is 1.13 bits per heavy atom. The summed E-state index contributed by atoms with van der Waals surface area (Å²) in [7, 11) is 0. The van der Waals surface area contributed by atoms with Crippen LogP contribution in [0.1, 0.15) is 64.4 Å². The quantitative estimate of drug-likeness (QED) is 0.688. The standard InChI is InChI=1S/C23H31F2NO4/c1-22(2,3)30-21(28)26-14-13-23(24,25)20(27)19(26)15-29-18-11-9-17(10-12-18)16-7-5-4-6-8-16/h4-8,17-19H,9-15H2,1-3H3/t17-,18+,19?. The second-order valence-electron chi connectivity index (χ2n) is 9.23. The average molecular weight is 424 g/mol. The number of alkyl halides is 2. The zero-order chi connectivity index (χ0) is 21.9. The lowest BCUT2D eigenvalue weighted by Gasteiger charge is -2.39. The van der Waals surface area contributed by atoms with Gasteiger partial charge in [0.2, 0.25) is 5.78 Å². The van der Waals surface area contributed by atoms with Gasteiger partial charge < -0.3 is 9.47 Å². The molecule has 3 rings (SSSR count). The minimum Gasteiger partial charge on any atom is -0.444 e. The van der Waals surface area contributed by atoms with Crippen molar-refractivity contribution in [1.29, 1.82) is 0 Å². The second-order valence-corrected chi connectivity index (χ2v) is 9.23. The first-order valence-corrected chi connectivity index (χ1v) is 10.6. The molecule has 1 aromatic rings. The molecule has 0 bridgehead atoms. The van der Waals surface area contributed by atoms with Gasteiger partial charge in [0.15, 0.2) is 0 Å². The van der Waals surface area contributed by atoms with E-state index in [1.54, 1.807) is 20.8 Å². The van der Waals surface area contributed by atoms with E-state index in [4.69, 9.17) is 9.47 Å². The maximum Gasteiger partial charge on any atom is 0.410 e. The fourth-order valence-corrected chi connectivity index (χ4v) is 4.15. The Balaban J connectivity index is 1.59. The fourth-order valence-electron chi connectivity index (χ4n) is 4.15. The number of ether oxygens (including phenoxy) is 2. The van der Waals surface area contributed by atoms with Crippen LogP contribution in [-0.2, 0) is 14.3 Å². The van der Waals surface area contributed by atoms with Crippen molar-refractivity contribution < 1.29 is 27.8 Å². The Morgan fingerprint density at radius 3 is 2.37 bits per heavy atom. The predicted octanol–water partition coefficient (Wildman–Crippen LogP) is 4.94. The van der Waals surface area contributed by atoms with Crippen LogP contribution in [0.3, 0.4) is 0 Å². The van der Waals surface area contributed by atoms with Crippen LogP contribution in [0.4, 0.5) is 13.6 Å². The Labute approximate surface area is 176 Å². The van der Waals surface area contributed by atoms with Gasteiger partial charge in [-0.3, -0.25) is 9.69 Å². The summed E-state index contributed by atoms with van der Waals surface area (Å²) in [6.07, 6.45) is 1.93. The molecular formula is C23H31F2NO4. The summed E-state index contributed by atoms with van der Waals surface area (Å²) in [5.74, 6) is -4.25. The van der Waals surface area contributed by atoms with Gasteiger partial charge in [-0.1, -0.05) is 30.3 Å². The molecule has 1 saturated carbocycles. The van der Waals surface area contributed by atoms with Crippen molar-refractivity contribution in [2.75, 3.05) is 13.2 Å². The number of hydrogen-bond donors (Lipinski definition) is 0. The van der Waals surface area contributed by atoms with Crippen LogP contribution in [0.2, 0.25) is 0 Å². The highest BCUT2D eigenvalue weighted by molar-refractivity contribution is 5.94. The molecule has 0 aromatic heterocycles. The molecule has 2 fully saturated rings. The first kappa shape index (κ1) is 22.7. The number of hydrogen-bond acceptors (Lipinski definition) is 4. The number of rotatable bonds is 4. The molecule has 0 spiro atoms. The number of benzene rings is 1. The van der Waals surface area contributed by atoms with Crippen molar-refractivity contribution in [2.24, 2.45) is 0 Å². The van der Waals surface area contributed by atoms with Crippen molar-refractivity contribution >= 4 is 11.9 Å². The Morgan fingerprint density at radius 2 is 1.77 bits per heavy atom. The zero-order valence-electron chi connectivity index (χ0n) is 17.9. The molecule has 1 heterocycles. The highest BCUT2D eigenvalue weighted by Gasteiger charge is 2.51. The van der Waals surface area contributed by atoms with E-state index in [0.717, 1.165) is 30.6 Å². The third-order valence-corrected chi connectivity index (χ3v) is 5.77. The molecule has 0 N–H and O–H groups in total. The first-order chi connectivity index (χ1) is 14.1. The number of carbonyl (C=O) groups excluding carboxylic acids is 2. The van der Waals surface area contributed by atoms with Crippen molar-refractivity contribution in [1.82, 2.24) is 4.90 Å². The van der Waals surface area contributed by atoms with Gasteiger partial charge in [0.05, 0.1) is 12.7 Å². The van der Waals surface area contributed by atoms with Gasteiger partial charge in [0, 0.05) is 13.0 Å². The van der Waals surface area contributed by atoms with Crippen LogP contribution in [-0.4, -0.2) is 53.6 Å². The molecule has 7 heteroatoms. The third kappa shape index (κ3) is 5.56. The molecule has 1 aliphatic carbocycles. The van der Waals surface area contributed by atoms with Gasteiger partial charge in [-0.15, -0.1) is 0 Å². The van der Waals surface area contributed by atoms with Crippen LogP contribution in [0, 0.1) is 0 Å². The largest absolute Gasteiger partial charge is 0.444 e. The molecule has 30 heavy (non-hydrogen) atoms. The van der Waals surface area contributed by atoms with Gasteiger partial charge in [-0.05, 0) is 57.9 Å². The highest BCUT2D eigenvalue weighted by Crippen LogP contribution is 2.35. The first-order valence-electron chi connectivity index (χ1n) is 10.6. The fraction of sp³-hybridized carbons (Fsp3) is 0.652. The number of piperidine rings is 1. The highest BCUT2D eigenvalue weighted by atomic mass is 19.3. The monoisotopic (exact) mass is 423 g/mol. The van der Waals surface area contributed by atoms with Crippen LogP contribution in [0.25, 0.3) is 0 Å². The van der Waals surface area contributed by atoms with Crippen LogP contribution < -0.4 is 0 Å². The number of Topliss-reactive ketones (excluding diaryl/α,β-unsaturated/α-hetero) is 1. The molecule has 0 radical (unpaired) electrons. The summed E-state index contributed by atoms with van der Waals surface area (Å²) in [5, 5.41) is 0. The molecule has 1 aliphatic heterocycles. The average Bonchev–Trinajstić information content (AvgIpc) is 2.69. The van der Waals surface area contributed by atoms with Gasteiger partial charge in [-0.2, -0.15) is 8.78 Å². The molecule has 1 atom stereocenters.